The monoisotopic (exact) mass is 308 g/mol. The molecule has 1 aromatic carbocycles. The molecule has 1 aromatic rings. The molecule has 1 N–H and O–H groups in total. The van der Waals surface area contributed by atoms with Gasteiger partial charge >= 0.3 is 0 Å². The van der Waals surface area contributed by atoms with E-state index in [-0.39, 0.29) is 16.2 Å². The molecule has 0 aliphatic rings. The molecule has 0 aliphatic carbocycles. The highest BCUT2D eigenvalue weighted by Crippen LogP contribution is 2.24. The van der Waals surface area contributed by atoms with E-state index in [1.54, 1.807) is 19.1 Å². The Morgan fingerprint density at radius 3 is 1.90 bits per heavy atom. The largest absolute Gasteiger partial charge is 0.241 e. The number of rotatable bonds is 4. The molecule has 0 saturated heterocycles. The molecule has 0 radical (unpaired) electrons. The number of hydrogen-bond acceptors (Lipinski definition) is 3. The number of hydrogen-bond donors (Lipinski definition) is 1. The Morgan fingerprint density at radius 2 is 1.57 bits per heavy atom. The highest BCUT2D eigenvalue weighted by molar-refractivity contribution is 7.89. The van der Waals surface area contributed by atoms with Gasteiger partial charge in [-0.1, -0.05) is 46.8 Å². The van der Waals surface area contributed by atoms with Gasteiger partial charge in [-0.25, -0.2) is 8.42 Å². The third kappa shape index (κ3) is 4.05. The topological polar surface area (TPSA) is 70.0 Å². The van der Waals surface area contributed by atoms with Gasteiger partial charge < -0.3 is 0 Å². The van der Waals surface area contributed by atoms with Crippen LogP contribution < -0.4 is 4.72 Å². The molecule has 0 aliphatic heterocycles. The molecule has 0 saturated carbocycles. The van der Waals surface area contributed by atoms with Crippen LogP contribution in [0.3, 0.4) is 0 Å². The first-order valence-corrected chi connectivity index (χ1v) is 8.46. The first kappa shape index (κ1) is 17.7. The summed E-state index contributed by atoms with van der Waals surface area (Å²) in [7, 11) is -3.71. The lowest BCUT2D eigenvalue weighted by atomic mass is 9.87. The summed E-state index contributed by atoms with van der Waals surface area (Å²) in [6, 6.07) is 8.84. The van der Waals surface area contributed by atoms with Crippen molar-refractivity contribution in [1.29, 1.82) is 5.26 Å². The summed E-state index contributed by atoms with van der Waals surface area (Å²) in [6.07, 6.45) is 0. The molecule has 1 rings (SSSR count). The predicted molar refractivity (Wildman–Crippen MR) is 84.3 cm³/mol. The molecular formula is C16H24N2O2S. The van der Waals surface area contributed by atoms with Crippen molar-refractivity contribution in [3.8, 4) is 6.07 Å². The van der Waals surface area contributed by atoms with E-state index in [0.717, 1.165) is 5.56 Å². The number of benzene rings is 1. The SMILES string of the molecule is CC(C)[C@@](C)(C#N)NS(=O)(=O)c1ccc(C(C)(C)C)cc1. The van der Waals surface area contributed by atoms with Gasteiger partial charge in [0.15, 0.2) is 0 Å². The van der Waals surface area contributed by atoms with Crippen LogP contribution in [0.4, 0.5) is 0 Å². The quantitative estimate of drug-likeness (QED) is 0.928. The van der Waals surface area contributed by atoms with E-state index < -0.39 is 15.6 Å². The van der Waals surface area contributed by atoms with Crippen molar-refractivity contribution < 1.29 is 8.42 Å². The molecule has 116 valence electrons. The van der Waals surface area contributed by atoms with Crippen LogP contribution in [0.25, 0.3) is 0 Å². The van der Waals surface area contributed by atoms with Crippen molar-refractivity contribution in [2.75, 3.05) is 0 Å². The van der Waals surface area contributed by atoms with Gasteiger partial charge in [0.2, 0.25) is 10.0 Å². The first-order valence-electron chi connectivity index (χ1n) is 6.98. The lowest BCUT2D eigenvalue weighted by molar-refractivity contribution is 0.389. The Hall–Kier alpha value is -1.38. The zero-order valence-corrected chi connectivity index (χ0v) is 14.4. The van der Waals surface area contributed by atoms with E-state index in [9.17, 15) is 13.7 Å². The average molecular weight is 308 g/mol. The van der Waals surface area contributed by atoms with Crippen molar-refractivity contribution >= 4 is 10.0 Å². The molecule has 0 fully saturated rings. The number of sulfonamides is 1. The second-order valence-electron chi connectivity index (χ2n) is 6.85. The summed E-state index contributed by atoms with van der Waals surface area (Å²) < 4.78 is 27.3. The molecule has 5 heteroatoms. The Morgan fingerprint density at radius 1 is 1.10 bits per heavy atom. The molecule has 0 spiro atoms. The molecule has 1 atom stereocenters. The fourth-order valence-corrected chi connectivity index (χ4v) is 3.19. The number of nitrogens with zero attached hydrogens (tertiary/aromatic N) is 1. The molecule has 0 bridgehead atoms. The van der Waals surface area contributed by atoms with E-state index in [2.05, 4.69) is 25.5 Å². The first-order chi connectivity index (χ1) is 9.42. The Bertz CT molecular complexity index is 634. The van der Waals surface area contributed by atoms with Crippen molar-refractivity contribution in [3.05, 3.63) is 29.8 Å². The normalized spacial score (nSPS) is 15.5. The van der Waals surface area contributed by atoms with Crippen LogP contribution in [-0.2, 0) is 15.4 Å². The van der Waals surface area contributed by atoms with E-state index in [0.29, 0.717) is 0 Å². The Kier molecular flexibility index (Phi) is 4.87. The lowest BCUT2D eigenvalue weighted by Gasteiger charge is -2.27. The zero-order valence-electron chi connectivity index (χ0n) is 13.6. The standard InChI is InChI=1S/C16H24N2O2S/c1-12(2)16(6,11-17)18-21(19,20)14-9-7-13(8-10-14)15(3,4)5/h7-10,12,18H,1-6H3/t16-/m1/s1. The maximum absolute atomic E-state index is 12.4. The van der Waals surface area contributed by atoms with Crippen molar-refractivity contribution in [3.63, 3.8) is 0 Å². The number of nitrogens with one attached hydrogen (secondary N) is 1. The van der Waals surface area contributed by atoms with Gasteiger partial charge in [0.05, 0.1) is 11.0 Å². The van der Waals surface area contributed by atoms with E-state index in [4.69, 9.17) is 0 Å². The molecule has 0 unspecified atom stereocenters. The number of nitriles is 1. The third-order valence-corrected chi connectivity index (χ3v) is 5.35. The summed E-state index contributed by atoms with van der Waals surface area (Å²) in [5.74, 6) is -0.133. The molecule has 4 nitrogen and oxygen atoms in total. The van der Waals surface area contributed by atoms with Gasteiger partial charge in [-0.2, -0.15) is 9.98 Å². The van der Waals surface area contributed by atoms with Crippen LogP contribution in [0, 0.1) is 17.2 Å². The minimum Gasteiger partial charge on any atom is -0.207 e. The Labute approximate surface area is 128 Å². The third-order valence-electron chi connectivity index (χ3n) is 3.76. The van der Waals surface area contributed by atoms with Gasteiger partial charge in [-0.05, 0) is 36.0 Å². The molecule has 0 aromatic heterocycles. The van der Waals surface area contributed by atoms with Crippen LogP contribution in [0.1, 0.15) is 47.1 Å². The molecule has 0 amide bonds. The summed E-state index contributed by atoms with van der Waals surface area (Å²) in [5, 5.41) is 9.24. The Balaban J connectivity index is 3.13. The van der Waals surface area contributed by atoms with E-state index >= 15 is 0 Å². The highest BCUT2D eigenvalue weighted by Gasteiger charge is 2.33. The van der Waals surface area contributed by atoms with Crippen molar-refractivity contribution in [1.82, 2.24) is 4.72 Å². The highest BCUT2D eigenvalue weighted by atomic mass is 32.2. The van der Waals surface area contributed by atoms with Crippen LogP contribution in [0.15, 0.2) is 29.2 Å². The fraction of sp³-hybridized carbons (Fsp3) is 0.562. The van der Waals surface area contributed by atoms with Gasteiger partial charge in [-0.15, -0.1) is 0 Å². The fourth-order valence-electron chi connectivity index (χ4n) is 1.74. The molecule has 0 heterocycles. The van der Waals surface area contributed by atoms with Gasteiger partial charge in [-0.3, -0.25) is 0 Å². The molecular weight excluding hydrogens is 284 g/mol. The second kappa shape index (κ2) is 5.78. The van der Waals surface area contributed by atoms with Crippen molar-refractivity contribution in [2.24, 2.45) is 5.92 Å². The second-order valence-corrected chi connectivity index (χ2v) is 8.53. The lowest BCUT2D eigenvalue weighted by Crippen LogP contribution is -2.48. The van der Waals surface area contributed by atoms with Crippen LogP contribution >= 0.6 is 0 Å². The summed E-state index contributed by atoms with van der Waals surface area (Å²) in [4.78, 5) is 0.178. The molecule has 21 heavy (non-hydrogen) atoms. The van der Waals surface area contributed by atoms with E-state index in [1.807, 2.05) is 32.0 Å². The maximum Gasteiger partial charge on any atom is 0.241 e. The minimum absolute atomic E-state index is 0.0329. The van der Waals surface area contributed by atoms with Crippen LogP contribution in [0.5, 0.6) is 0 Å². The summed E-state index contributed by atoms with van der Waals surface area (Å²) in [5.41, 5.74) is -0.0931. The van der Waals surface area contributed by atoms with E-state index in [1.165, 1.54) is 0 Å². The van der Waals surface area contributed by atoms with Gasteiger partial charge in [0.25, 0.3) is 0 Å². The van der Waals surface area contributed by atoms with Gasteiger partial charge in [0.1, 0.15) is 5.54 Å². The minimum atomic E-state index is -3.71. The van der Waals surface area contributed by atoms with Crippen LogP contribution in [0.2, 0.25) is 0 Å². The van der Waals surface area contributed by atoms with Crippen molar-refractivity contribution in [2.45, 2.75) is 57.4 Å². The van der Waals surface area contributed by atoms with Crippen LogP contribution in [-0.4, -0.2) is 14.0 Å². The summed E-state index contributed by atoms with van der Waals surface area (Å²) in [6.45, 7) is 11.4. The summed E-state index contributed by atoms with van der Waals surface area (Å²) >= 11 is 0. The smallest absolute Gasteiger partial charge is 0.207 e. The average Bonchev–Trinajstić information content (AvgIpc) is 2.37. The zero-order chi connectivity index (χ0) is 16.5. The van der Waals surface area contributed by atoms with Gasteiger partial charge in [0, 0.05) is 0 Å². The maximum atomic E-state index is 12.4. The predicted octanol–water partition coefficient (Wildman–Crippen LogP) is 3.20.